The van der Waals surface area contributed by atoms with Gasteiger partial charge in [-0.1, -0.05) is 0 Å². The molecule has 0 radical (unpaired) electrons. The van der Waals surface area contributed by atoms with Crippen LogP contribution in [0.1, 0.15) is 22.2 Å². The van der Waals surface area contributed by atoms with Gasteiger partial charge in [-0.15, -0.1) is 0 Å². The van der Waals surface area contributed by atoms with Crippen LogP contribution in [0.5, 0.6) is 11.5 Å². The van der Waals surface area contributed by atoms with Gasteiger partial charge < -0.3 is 29.6 Å². The molecule has 28 heavy (non-hydrogen) atoms. The molecule has 9 nitrogen and oxygen atoms in total. The number of hydrogen-bond donors (Lipinski definition) is 2. The van der Waals surface area contributed by atoms with Gasteiger partial charge in [0.05, 0.1) is 7.11 Å². The van der Waals surface area contributed by atoms with E-state index in [9.17, 15) is 9.59 Å². The lowest BCUT2D eigenvalue weighted by Gasteiger charge is -2.35. The fourth-order valence-corrected chi connectivity index (χ4v) is 3.18. The van der Waals surface area contributed by atoms with Gasteiger partial charge >= 0.3 is 0 Å². The van der Waals surface area contributed by atoms with Gasteiger partial charge in [-0.3, -0.25) is 9.59 Å². The summed E-state index contributed by atoms with van der Waals surface area (Å²) in [5.74, 6) is 1.28. The van der Waals surface area contributed by atoms with Gasteiger partial charge in [-0.05, 0) is 18.2 Å². The normalized spacial score (nSPS) is 16.5. The molecule has 150 valence electrons. The zero-order valence-electron chi connectivity index (χ0n) is 16.3. The number of piperazine rings is 1. The third-order valence-electron chi connectivity index (χ3n) is 4.71. The van der Waals surface area contributed by atoms with E-state index in [0.717, 1.165) is 12.4 Å². The van der Waals surface area contributed by atoms with Crippen LogP contribution in [0, 0.1) is 0 Å². The number of amides is 2. The van der Waals surface area contributed by atoms with Gasteiger partial charge in [0, 0.05) is 51.7 Å². The van der Waals surface area contributed by atoms with E-state index < -0.39 is 0 Å². The average Bonchev–Trinajstić information content (AvgIpc) is 3.16. The summed E-state index contributed by atoms with van der Waals surface area (Å²) < 4.78 is 12.7. The Bertz CT molecular complexity index is 851. The number of hydrogen-bond acceptors (Lipinski definition) is 6. The Morgan fingerprint density at radius 1 is 1.36 bits per heavy atom. The Hall–Kier alpha value is -3.07. The third kappa shape index (κ3) is 4.09. The number of ether oxygens (including phenoxy) is 2. The fraction of sp³-hybridized carbons (Fsp3) is 0.421. The number of nitrogens with zero attached hydrogens (tertiary/aromatic N) is 3. The minimum atomic E-state index is -0.249. The molecule has 1 aliphatic heterocycles. The molecule has 2 heterocycles. The molecule has 0 aliphatic carbocycles. The Kier molecular flexibility index (Phi) is 6.15. The molecule has 0 bridgehead atoms. The Morgan fingerprint density at radius 3 is 2.86 bits per heavy atom. The van der Waals surface area contributed by atoms with Crippen molar-refractivity contribution in [3.8, 4) is 11.5 Å². The zero-order valence-corrected chi connectivity index (χ0v) is 16.3. The standard InChI is InChI=1S/C19H25N5O4/c1-20-17(25)12-28-15-5-4-13(10-16(15)27-3)19(26)24-9-6-21-11-14(24)18-22-7-8-23(18)2/h4-5,7-8,10,14,21H,6,9,11-12H2,1-3H3,(H,20,25). The summed E-state index contributed by atoms with van der Waals surface area (Å²) >= 11 is 0. The summed E-state index contributed by atoms with van der Waals surface area (Å²) in [6, 6.07) is 4.81. The minimum Gasteiger partial charge on any atom is -0.493 e. The highest BCUT2D eigenvalue weighted by molar-refractivity contribution is 5.95. The maximum Gasteiger partial charge on any atom is 0.257 e. The quantitative estimate of drug-likeness (QED) is 0.742. The molecule has 1 aromatic carbocycles. The topological polar surface area (TPSA) is 97.7 Å². The molecule has 2 aromatic rings. The molecule has 3 rings (SSSR count). The Labute approximate surface area is 163 Å². The van der Waals surface area contributed by atoms with Crippen LogP contribution in [0.15, 0.2) is 30.6 Å². The molecule has 1 fully saturated rings. The highest BCUT2D eigenvalue weighted by atomic mass is 16.5. The lowest BCUT2D eigenvalue weighted by atomic mass is 10.1. The lowest BCUT2D eigenvalue weighted by Crippen LogP contribution is -2.49. The summed E-state index contributed by atoms with van der Waals surface area (Å²) in [5, 5.41) is 5.81. The first-order valence-corrected chi connectivity index (χ1v) is 9.05. The van der Waals surface area contributed by atoms with Crippen LogP contribution < -0.4 is 20.1 Å². The molecule has 1 atom stereocenters. The zero-order chi connectivity index (χ0) is 20.1. The molecular weight excluding hydrogens is 362 g/mol. The van der Waals surface area contributed by atoms with E-state index in [1.807, 2.05) is 22.7 Å². The second-order valence-electron chi connectivity index (χ2n) is 6.44. The number of benzene rings is 1. The van der Waals surface area contributed by atoms with Crippen LogP contribution in [0.3, 0.4) is 0 Å². The number of aryl methyl sites for hydroxylation is 1. The van der Waals surface area contributed by atoms with Crippen molar-refractivity contribution in [2.75, 3.05) is 40.4 Å². The number of nitrogens with one attached hydrogen (secondary N) is 2. The molecule has 1 aliphatic rings. The van der Waals surface area contributed by atoms with E-state index in [4.69, 9.17) is 9.47 Å². The van der Waals surface area contributed by atoms with Gasteiger partial charge in [-0.25, -0.2) is 4.98 Å². The average molecular weight is 387 g/mol. The van der Waals surface area contributed by atoms with E-state index in [2.05, 4.69) is 15.6 Å². The number of aromatic nitrogens is 2. The van der Waals surface area contributed by atoms with Crippen molar-refractivity contribution in [2.45, 2.75) is 6.04 Å². The number of carbonyl (C=O) groups excluding carboxylic acids is 2. The summed E-state index contributed by atoms with van der Waals surface area (Å²) in [6.45, 7) is 1.81. The van der Waals surface area contributed by atoms with Crippen LogP contribution in [0.25, 0.3) is 0 Å². The van der Waals surface area contributed by atoms with Crippen molar-refractivity contribution in [3.63, 3.8) is 0 Å². The predicted molar refractivity (Wildman–Crippen MR) is 102 cm³/mol. The van der Waals surface area contributed by atoms with E-state index >= 15 is 0 Å². The van der Waals surface area contributed by atoms with E-state index in [1.54, 1.807) is 24.4 Å². The van der Waals surface area contributed by atoms with E-state index in [-0.39, 0.29) is 24.5 Å². The molecule has 1 aromatic heterocycles. The summed E-state index contributed by atoms with van der Waals surface area (Å²) in [6.07, 6.45) is 3.60. The summed E-state index contributed by atoms with van der Waals surface area (Å²) in [5.41, 5.74) is 0.491. The van der Waals surface area contributed by atoms with Crippen LogP contribution in [0.2, 0.25) is 0 Å². The first-order chi connectivity index (χ1) is 13.5. The first-order valence-electron chi connectivity index (χ1n) is 9.05. The first kappa shape index (κ1) is 19.7. The lowest BCUT2D eigenvalue weighted by molar-refractivity contribution is -0.122. The van der Waals surface area contributed by atoms with Crippen LogP contribution in [-0.4, -0.2) is 66.7 Å². The second kappa shape index (κ2) is 8.75. The van der Waals surface area contributed by atoms with E-state index in [1.165, 1.54) is 14.2 Å². The Morgan fingerprint density at radius 2 is 2.18 bits per heavy atom. The van der Waals surface area contributed by atoms with Gasteiger partial charge in [0.1, 0.15) is 11.9 Å². The molecule has 2 N–H and O–H groups in total. The largest absolute Gasteiger partial charge is 0.493 e. The maximum absolute atomic E-state index is 13.2. The van der Waals surface area contributed by atoms with Gasteiger partial charge in [0.15, 0.2) is 18.1 Å². The maximum atomic E-state index is 13.2. The van der Waals surface area contributed by atoms with Gasteiger partial charge in [0.25, 0.3) is 11.8 Å². The molecular formula is C19H25N5O4. The molecule has 9 heteroatoms. The van der Waals surface area contributed by atoms with Crippen molar-refractivity contribution < 1.29 is 19.1 Å². The number of imidazole rings is 1. The molecule has 1 unspecified atom stereocenters. The monoisotopic (exact) mass is 387 g/mol. The van der Waals surface area contributed by atoms with Crippen molar-refractivity contribution in [1.29, 1.82) is 0 Å². The molecule has 1 saturated heterocycles. The number of carbonyl (C=O) groups is 2. The van der Waals surface area contributed by atoms with Crippen molar-refractivity contribution >= 4 is 11.8 Å². The van der Waals surface area contributed by atoms with Crippen molar-refractivity contribution in [2.24, 2.45) is 7.05 Å². The van der Waals surface area contributed by atoms with E-state index in [0.29, 0.717) is 30.2 Å². The van der Waals surface area contributed by atoms with Crippen molar-refractivity contribution in [1.82, 2.24) is 25.1 Å². The third-order valence-corrected chi connectivity index (χ3v) is 4.71. The smallest absolute Gasteiger partial charge is 0.257 e. The molecule has 2 amide bonds. The predicted octanol–water partition coefficient (Wildman–Crippen LogP) is 0.340. The molecule has 0 saturated carbocycles. The molecule has 0 spiro atoms. The number of rotatable bonds is 6. The second-order valence-corrected chi connectivity index (χ2v) is 6.44. The summed E-state index contributed by atoms with van der Waals surface area (Å²) in [7, 11) is 4.95. The van der Waals surface area contributed by atoms with Gasteiger partial charge in [0.2, 0.25) is 0 Å². The highest BCUT2D eigenvalue weighted by Gasteiger charge is 2.31. The highest BCUT2D eigenvalue weighted by Crippen LogP contribution is 2.30. The minimum absolute atomic E-state index is 0.106. The SMILES string of the molecule is CNC(=O)COc1ccc(C(=O)N2CCNCC2c2nccn2C)cc1OC. The number of methoxy groups -OCH3 is 1. The van der Waals surface area contributed by atoms with Crippen LogP contribution in [-0.2, 0) is 11.8 Å². The van der Waals surface area contributed by atoms with Gasteiger partial charge in [-0.2, -0.15) is 0 Å². The Balaban J connectivity index is 1.82. The fourth-order valence-electron chi connectivity index (χ4n) is 3.18. The van der Waals surface area contributed by atoms with Crippen molar-refractivity contribution in [3.05, 3.63) is 42.0 Å². The number of likely N-dealkylation sites (N-methyl/N-ethyl adjacent to an activating group) is 1. The van der Waals surface area contributed by atoms with Crippen LogP contribution in [0.4, 0.5) is 0 Å². The van der Waals surface area contributed by atoms with Crippen LogP contribution >= 0.6 is 0 Å². The summed E-state index contributed by atoms with van der Waals surface area (Å²) in [4.78, 5) is 30.8.